The van der Waals surface area contributed by atoms with Crippen molar-refractivity contribution in [1.29, 1.82) is 0 Å². The molecule has 0 aliphatic heterocycles. The number of hydrogen-bond donors (Lipinski definition) is 5. The summed E-state index contributed by atoms with van der Waals surface area (Å²) in [6.45, 7) is 14.3. The number of nitrogens with one attached hydrogen (secondary N) is 1. The van der Waals surface area contributed by atoms with Crippen LogP contribution in [0, 0.1) is 92.7 Å². The number of ether oxygens (including phenoxy) is 1. The van der Waals surface area contributed by atoms with E-state index in [0.717, 1.165) is 83.5 Å². The Bertz CT molecular complexity index is 1720. The van der Waals surface area contributed by atoms with Crippen molar-refractivity contribution in [2.45, 2.75) is 194 Å². The van der Waals surface area contributed by atoms with Crippen molar-refractivity contribution >= 4 is 22.0 Å². The minimum atomic E-state index is -4.11. The van der Waals surface area contributed by atoms with Gasteiger partial charge in [-0.25, -0.2) is 0 Å². The molecule has 0 spiro atoms. The highest BCUT2D eigenvalue weighted by Gasteiger charge is 2.65. The Morgan fingerprint density at radius 3 is 2.08 bits per heavy atom. The monoisotopic (exact) mass is 874 g/mol. The van der Waals surface area contributed by atoms with Gasteiger partial charge in [-0.05, 0) is 208 Å². The molecule has 0 aromatic carbocycles. The fourth-order valence-corrected chi connectivity index (χ4v) is 18.5. The van der Waals surface area contributed by atoms with Crippen LogP contribution in [0.25, 0.3) is 0 Å². The number of hydrogen-bond acceptors (Lipinski definition) is 8. The number of esters is 1. The fraction of sp³-hybridized carbons (Fsp3) is 0.960. The van der Waals surface area contributed by atoms with E-state index in [2.05, 4.69) is 46.9 Å². The zero-order valence-corrected chi connectivity index (χ0v) is 39.3. The van der Waals surface area contributed by atoms with Crippen molar-refractivity contribution in [3.05, 3.63) is 0 Å². The van der Waals surface area contributed by atoms with Crippen molar-refractivity contribution in [2.75, 3.05) is 12.3 Å². The van der Waals surface area contributed by atoms with Crippen LogP contribution in [0.4, 0.5) is 0 Å². The van der Waals surface area contributed by atoms with E-state index < -0.39 is 22.0 Å². The zero-order valence-electron chi connectivity index (χ0n) is 38.5. The molecule has 0 aromatic rings. The molecule has 1 amide bonds. The summed E-state index contributed by atoms with van der Waals surface area (Å²) in [5, 5.41) is 36.9. The Kier molecular flexibility index (Phi) is 13.0. The van der Waals surface area contributed by atoms with Gasteiger partial charge in [0.05, 0.1) is 24.1 Å². The summed E-state index contributed by atoms with van der Waals surface area (Å²) >= 11 is 0. The first kappa shape index (κ1) is 46.3. The second kappa shape index (κ2) is 17.2. The number of aliphatic hydroxyl groups is 3. The fourth-order valence-electron chi connectivity index (χ4n) is 18.2. The highest BCUT2D eigenvalue weighted by atomic mass is 32.2. The molecule has 5 N–H and O–H groups in total. The van der Waals surface area contributed by atoms with Crippen LogP contribution in [-0.4, -0.2) is 76.9 Å². The molecule has 8 fully saturated rings. The Balaban J connectivity index is 0.816. The molecule has 8 aliphatic rings. The predicted octanol–water partition coefficient (Wildman–Crippen LogP) is 8.36. The van der Waals surface area contributed by atoms with Crippen LogP contribution in [0.5, 0.6) is 0 Å². The number of carbonyl (C=O) groups is 2. The summed E-state index contributed by atoms with van der Waals surface area (Å²) in [5.41, 5.74) is 0.372. The van der Waals surface area contributed by atoms with Gasteiger partial charge in [0.15, 0.2) is 0 Å². The van der Waals surface area contributed by atoms with Gasteiger partial charge in [0.2, 0.25) is 5.91 Å². The Morgan fingerprint density at radius 1 is 0.689 bits per heavy atom. The SMILES string of the molecule is C[C@H](CCC(=O)NCCS(=O)(=O)O)[C@H]1CC[C@H]2[C@@H]3CCC4C[C@H](OC(=O)CC[C@@H](C)[C@H]5CCC6C7C(CC[C@@]65C)[C@@]5(C)CC[C@H](O)CC5C[C@@H]7O)CC[C@]4(C)[C@H]3C[C@H](O)[C@]12C. The van der Waals surface area contributed by atoms with Gasteiger partial charge in [-0.3, -0.25) is 14.1 Å². The van der Waals surface area contributed by atoms with Crippen LogP contribution in [0.1, 0.15) is 170 Å². The molecule has 0 saturated heterocycles. The third-order valence-electron chi connectivity index (χ3n) is 21.5. The van der Waals surface area contributed by atoms with Crippen molar-refractivity contribution in [1.82, 2.24) is 5.32 Å². The average Bonchev–Trinajstić information content (AvgIpc) is 3.74. The summed E-state index contributed by atoms with van der Waals surface area (Å²) in [4.78, 5) is 26.1. The summed E-state index contributed by atoms with van der Waals surface area (Å²) in [5.74, 6) is 4.70. The standard InChI is InChI=1S/C50H83NO9S/c1-29(36-11-14-39-46-40(19-22-49(36,39)5)48(4)20-17-33(52)25-32(48)27-42(46)53)8-16-45(56)60-34-18-21-47(3)31(26-34)9-10-35-38-13-12-37(50(38,6)43(54)28-41(35)47)30(2)7-15-44(55)51-23-24-61(57,58)59/h29-43,46,52-54H,7-28H2,1-6H3,(H,51,55)(H,57,58,59)/t29-,30-,31?,32?,33+,34-,35+,36-,37-,38+,39?,40?,41+,42+,43+,46?,47+,48+,49-,50-/m1/s1. The summed E-state index contributed by atoms with van der Waals surface area (Å²) < 4.78 is 37.4. The lowest BCUT2D eigenvalue weighted by atomic mass is 9.43. The Morgan fingerprint density at radius 2 is 1.33 bits per heavy atom. The van der Waals surface area contributed by atoms with Crippen molar-refractivity contribution in [3.8, 4) is 0 Å². The Labute approximate surface area is 368 Å². The van der Waals surface area contributed by atoms with Gasteiger partial charge < -0.3 is 25.4 Å². The molecule has 11 heteroatoms. The van der Waals surface area contributed by atoms with E-state index in [1.54, 1.807) is 0 Å². The van der Waals surface area contributed by atoms with E-state index in [9.17, 15) is 33.3 Å². The second-order valence-electron chi connectivity index (χ2n) is 24.0. The van der Waals surface area contributed by atoms with Gasteiger partial charge in [0.1, 0.15) is 6.10 Å². The lowest BCUT2D eigenvalue weighted by molar-refractivity contribution is -0.182. The van der Waals surface area contributed by atoms with Crippen LogP contribution in [0.15, 0.2) is 0 Å². The largest absolute Gasteiger partial charge is 0.462 e. The van der Waals surface area contributed by atoms with Crippen LogP contribution in [0.2, 0.25) is 0 Å². The molecule has 20 atom stereocenters. The highest BCUT2D eigenvalue weighted by Crippen LogP contribution is 2.70. The van der Waals surface area contributed by atoms with Gasteiger partial charge in [0, 0.05) is 19.4 Å². The van der Waals surface area contributed by atoms with Gasteiger partial charge >= 0.3 is 5.97 Å². The maximum Gasteiger partial charge on any atom is 0.306 e. The number of aliphatic hydroxyl groups excluding tert-OH is 3. The third kappa shape index (κ3) is 8.32. The first-order chi connectivity index (χ1) is 28.7. The number of rotatable bonds is 12. The number of carbonyl (C=O) groups excluding carboxylic acids is 2. The Hall–Kier alpha value is -1.27. The van der Waals surface area contributed by atoms with Crippen LogP contribution in [-0.2, 0) is 24.4 Å². The summed E-state index contributed by atoms with van der Waals surface area (Å²) in [6, 6.07) is 0. The molecule has 8 saturated carbocycles. The first-order valence-corrected chi connectivity index (χ1v) is 26.8. The zero-order chi connectivity index (χ0) is 43.9. The highest BCUT2D eigenvalue weighted by molar-refractivity contribution is 7.85. The molecule has 0 radical (unpaired) electrons. The smallest absolute Gasteiger partial charge is 0.306 e. The lowest BCUT2D eigenvalue weighted by Crippen LogP contribution is -2.59. The van der Waals surface area contributed by atoms with Crippen molar-refractivity contribution < 1.29 is 42.6 Å². The van der Waals surface area contributed by atoms with Crippen molar-refractivity contribution in [2.24, 2.45) is 92.7 Å². The molecule has 5 unspecified atom stereocenters. The second-order valence-corrected chi connectivity index (χ2v) is 25.5. The molecule has 61 heavy (non-hydrogen) atoms. The first-order valence-electron chi connectivity index (χ1n) is 25.1. The molecular formula is C50H83NO9S. The lowest BCUT2D eigenvalue weighted by Gasteiger charge is -2.62. The summed E-state index contributed by atoms with van der Waals surface area (Å²) in [7, 11) is -4.11. The maximum absolute atomic E-state index is 13.6. The predicted molar refractivity (Wildman–Crippen MR) is 235 cm³/mol. The van der Waals surface area contributed by atoms with Crippen LogP contribution < -0.4 is 5.32 Å². The van der Waals surface area contributed by atoms with E-state index in [4.69, 9.17) is 9.29 Å². The van der Waals surface area contributed by atoms with Crippen molar-refractivity contribution in [3.63, 3.8) is 0 Å². The topological polar surface area (TPSA) is 170 Å². The maximum atomic E-state index is 13.6. The molecular weight excluding hydrogens is 791 g/mol. The third-order valence-corrected chi connectivity index (χ3v) is 22.2. The van der Waals surface area contributed by atoms with E-state index in [1.165, 1.54) is 25.7 Å². The normalized spacial score (nSPS) is 48.9. The molecule has 0 heterocycles. The minimum Gasteiger partial charge on any atom is -0.462 e. The molecule has 348 valence electrons. The van der Waals surface area contributed by atoms with E-state index >= 15 is 0 Å². The molecule has 0 aromatic heterocycles. The van der Waals surface area contributed by atoms with Gasteiger partial charge in [-0.1, -0.05) is 41.5 Å². The van der Waals surface area contributed by atoms with Crippen LogP contribution >= 0.6 is 0 Å². The number of fused-ring (bicyclic) bond motifs is 10. The summed E-state index contributed by atoms with van der Waals surface area (Å²) in [6.07, 6.45) is 18.0. The van der Waals surface area contributed by atoms with E-state index in [0.29, 0.717) is 84.4 Å². The quantitative estimate of drug-likeness (QED) is 0.0956. The number of amides is 1. The minimum absolute atomic E-state index is 0.0271. The molecule has 8 aliphatic carbocycles. The van der Waals surface area contributed by atoms with E-state index in [-0.39, 0.29) is 64.3 Å². The van der Waals surface area contributed by atoms with Gasteiger partial charge in [0.25, 0.3) is 10.1 Å². The van der Waals surface area contributed by atoms with Crippen LogP contribution in [0.3, 0.4) is 0 Å². The average molecular weight is 874 g/mol. The van der Waals surface area contributed by atoms with E-state index in [1.807, 2.05) is 0 Å². The van der Waals surface area contributed by atoms with Gasteiger partial charge in [-0.2, -0.15) is 8.42 Å². The molecule has 10 nitrogen and oxygen atoms in total. The van der Waals surface area contributed by atoms with Gasteiger partial charge in [-0.15, -0.1) is 0 Å². The molecule has 0 bridgehead atoms. The molecule has 8 rings (SSSR count).